The number of aromatic amines is 2. The highest BCUT2D eigenvalue weighted by molar-refractivity contribution is 7.11. The van der Waals surface area contributed by atoms with Crippen molar-refractivity contribution in [1.82, 2.24) is 59.0 Å². The lowest BCUT2D eigenvalue weighted by molar-refractivity contribution is 0.494. The Morgan fingerprint density at radius 3 is 1.52 bits per heavy atom. The van der Waals surface area contributed by atoms with Crippen LogP contribution in [0.3, 0.4) is 0 Å². The average Bonchev–Trinajstić information content (AvgIpc) is 4.10. The van der Waals surface area contributed by atoms with E-state index in [-0.39, 0.29) is 0 Å². The molecule has 0 fully saturated rings. The summed E-state index contributed by atoms with van der Waals surface area (Å²) >= 11 is 3.40. The molecule has 2 N–H and O–H groups in total. The van der Waals surface area contributed by atoms with Gasteiger partial charge in [0.2, 0.25) is 0 Å². The summed E-state index contributed by atoms with van der Waals surface area (Å²) in [6.07, 6.45) is 18.1. The Bertz CT molecular complexity index is 2190. The highest BCUT2D eigenvalue weighted by atomic mass is 32.1. The van der Waals surface area contributed by atoms with Crippen LogP contribution in [0, 0.1) is 83.1 Å². The fourth-order valence-corrected chi connectivity index (χ4v) is 5.39. The molecular formula is C44H60N12O2S2. The van der Waals surface area contributed by atoms with Crippen molar-refractivity contribution in [3.63, 3.8) is 0 Å². The molecule has 0 aliphatic carbocycles. The molecule has 320 valence electrons. The monoisotopic (exact) mass is 852 g/mol. The number of nitrogens with one attached hydrogen (secondary N) is 2. The molecular weight excluding hydrogens is 793 g/mol. The Labute approximate surface area is 362 Å². The highest BCUT2D eigenvalue weighted by Gasteiger charge is 2.01. The molecule has 1 aromatic carbocycles. The molecule has 0 saturated carbocycles. The van der Waals surface area contributed by atoms with Gasteiger partial charge in [-0.3, -0.25) is 4.98 Å². The minimum atomic E-state index is 0.703. The third-order valence-corrected chi connectivity index (χ3v) is 9.22. The predicted octanol–water partition coefficient (Wildman–Crippen LogP) is 10.7. The second-order valence-electron chi connectivity index (χ2n) is 13.1. The summed E-state index contributed by atoms with van der Waals surface area (Å²) in [6, 6.07) is 9.94. The van der Waals surface area contributed by atoms with Crippen LogP contribution in [-0.2, 0) is 14.1 Å². The second-order valence-corrected chi connectivity index (χ2v) is 15.6. The first-order chi connectivity index (χ1) is 28.5. The molecule has 0 bridgehead atoms. The van der Waals surface area contributed by atoms with E-state index in [0.717, 1.165) is 62.0 Å². The Hall–Kier alpha value is -6.26. The summed E-state index contributed by atoms with van der Waals surface area (Å²) < 4.78 is 14.4. The second kappa shape index (κ2) is 27.4. The van der Waals surface area contributed by atoms with Crippen LogP contribution in [0.5, 0.6) is 0 Å². The maximum Gasteiger partial charge on any atom is 0.191 e. The van der Waals surface area contributed by atoms with Crippen molar-refractivity contribution >= 4 is 22.7 Å². The van der Waals surface area contributed by atoms with Crippen molar-refractivity contribution in [1.29, 1.82) is 0 Å². The first-order valence-corrected chi connectivity index (χ1v) is 20.7. The van der Waals surface area contributed by atoms with Gasteiger partial charge in [0.25, 0.3) is 0 Å². The molecule has 0 radical (unpaired) electrons. The van der Waals surface area contributed by atoms with E-state index in [0.29, 0.717) is 5.89 Å². The number of oxazole rings is 2. The molecule has 9 aromatic rings. The third-order valence-electron chi connectivity index (χ3n) is 7.69. The molecule has 16 heteroatoms. The maximum atomic E-state index is 5.36. The van der Waals surface area contributed by atoms with Crippen molar-refractivity contribution in [3.05, 3.63) is 165 Å². The first-order valence-electron chi connectivity index (χ1n) is 19.0. The van der Waals surface area contributed by atoms with Gasteiger partial charge in [-0.05, 0) is 69.2 Å². The Morgan fingerprint density at radius 2 is 1.28 bits per heavy atom. The normalized spacial score (nSPS) is 9.50. The van der Waals surface area contributed by atoms with Gasteiger partial charge in [-0.1, -0.05) is 30.3 Å². The molecule has 9 rings (SSSR count). The standard InChI is InChI=1S/C10H9NO.C6H10N2.2C5H8N2.C5H7NO.C5H7NS.C4H6N2.C4H5NS/c1-8-11-7-10(12-8)9-5-3-2-4-6-9;1-5-4-7-6(2)8(5)3;1-5-6-3-4-7(5)2;3*1-4-3-6-5(2)7-4;2*1-4-5-2-3-6-4/h2-7H,1H3;4H,1-3H3;3-4H,1-2H3;3H,1-2H3,(H,6,7);2*3H,1-2H3;2-3H,1H3,(H,5,6);2-3H,1H3. The van der Waals surface area contributed by atoms with Crippen molar-refractivity contribution in [2.24, 2.45) is 14.1 Å². The van der Waals surface area contributed by atoms with Crippen molar-refractivity contribution in [2.45, 2.75) is 83.1 Å². The molecule has 14 nitrogen and oxygen atoms in total. The lowest BCUT2D eigenvalue weighted by Crippen LogP contribution is -1.92. The van der Waals surface area contributed by atoms with Crippen molar-refractivity contribution < 1.29 is 8.83 Å². The van der Waals surface area contributed by atoms with Crippen LogP contribution in [0.2, 0.25) is 0 Å². The van der Waals surface area contributed by atoms with Crippen molar-refractivity contribution in [2.75, 3.05) is 0 Å². The van der Waals surface area contributed by atoms with E-state index in [1.54, 1.807) is 59.9 Å². The summed E-state index contributed by atoms with van der Waals surface area (Å²) in [6.45, 7) is 23.5. The van der Waals surface area contributed by atoms with Gasteiger partial charge in [-0.2, -0.15) is 0 Å². The van der Waals surface area contributed by atoms with E-state index in [4.69, 9.17) is 8.83 Å². The number of hydrogen-bond donors (Lipinski definition) is 2. The minimum Gasteiger partial charge on any atom is -0.446 e. The zero-order chi connectivity index (χ0) is 44.5. The maximum absolute atomic E-state index is 5.36. The molecule has 60 heavy (non-hydrogen) atoms. The lowest BCUT2D eigenvalue weighted by Gasteiger charge is -1.93. The number of thiazole rings is 2. The van der Waals surface area contributed by atoms with Gasteiger partial charge in [-0.25, -0.2) is 34.9 Å². The zero-order valence-corrected chi connectivity index (χ0v) is 39.0. The highest BCUT2D eigenvalue weighted by Crippen LogP contribution is 2.18. The van der Waals surface area contributed by atoms with Gasteiger partial charge in [0, 0.05) is 105 Å². The molecule has 8 aromatic heterocycles. The van der Waals surface area contributed by atoms with Crippen LogP contribution in [0.25, 0.3) is 11.3 Å². The Balaban J connectivity index is 0.000000239. The number of imidazole rings is 4. The number of aryl methyl sites for hydroxylation is 13. The molecule has 0 spiro atoms. The summed E-state index contributed by atoms with van der Waals surface area (Å²) in [5.41, 5.74) is 3.40. The van der Waals surface area contributed by atoms with E-state index in [1.165, 1.54) is 10.6 Å². The Kier molecular flexibility index (Phi) is 22.8. The number of aromatic nitrogens is 12. The topological polar surface area (TPSA) is 171 Å². The predicted molar refractivity (Wildman–Crippen MR) is 243 cm³/mol. The number of H-pyrrole nitrogens is 2. The molecule has 0 aliphatic heterocycles. The van der Waals surface area contributed by atoms with E-state index in [9.17, 15) is 0 Å². The van der Waals surface area contributed by atoms with E-state index in [2.05, 4.69) is 61.3 Å². The van der Waals surface area contributed by atoms with Crippen LogP contribution in [0.4, 0.5) is 0 Å². The van der Waals surface area contributed by atoms with E-state index in [1.807, 2.05) is 155 Å². The smallest absolute Gasteiger partial charge is 0.191 e. The quantitative estimate of drug-likeness (QED) is 0.162. The Morgan fingerprint density at radius 1 is 0.583 bits per heavy atom. The van der Waals surface area contributed by atoms with Gasteiger partial charge in [0.05, 0.1) is 22.4 Å². The van der Waals surface area contributed by atoms with Gasteiger partial charge in [0.15, 0.2) is 17.5 Å². The van der Waals surface area contributed by atoms with Gasteiger partial charge < -0.3 is 27.9 Å². The summed E-state index contributed by atoms with van der Waals surface area (Å²) in [5, 5.41) is 4.25. The number of benzene rings is 1. The first kappa shape index (κ1) is 49.9. The van der Waals surface area contributed by atoms with Gasteiger partial charge in [-0.15, -0.1) is 22.7 Å². The van der Waals surface area contributed by atoms with E-state index >= 15 is 0 Å². The SMILES string of the molecule is Cc1cnc(C)[nH]1.Cc1cnc(C)n1C.Cc1cnc(C)o1.Cc1cnc(C)s1.Cc1ncc(-c2ccccc2)o1.Cc1ncc[nH]1.Cc1nccn1C.Cc1nccs1. The van der Waals surface area contributed by atoms with Crippen LogP contribution in [0.1, 0.15) is 67.1 Å². The summed E-state index contributed by atoms with van der Waals surface area (Å²) in [7, 11) is 3.99. The van der Waals surface area contributed by atoms with E-state index < -0.39 is 0 Å². The molecule has 0 atom stereocenters. The summed E-state index contributed by atoms with van der Waals surface area (Å²) in [4.78, 5) is 38.9. The number of hydrogen-bond acceptors (Lipinski definition) is 12. The molecule has 0 unspecified atom stereocenters. The fraction of sp³-hybridized carbons (Fsp3) is 0.318. The van der Waals surface area contributed by atoms with Crippen LogP contribution >= 0.6 is 22.7 Å². The molecule has 0 aliphatic rings. The molecule has 0 amide bonds. The largest absolute Gasteiger partial charge is 0.446 e. The van der Waals surface area contributed by atoms with Crippen LogP contribution < -0.4 is 0 Å². The minimum absolute atomic E-state index is 0.703. The van der Waals surface area contributed by atoms with Crippen molar-refractivity contribution in [3.8, 4) is 11.3 Å². The van der Waals surface area contributed by atoms with Gasteiger partial charge in [0.1, 0.15) is 29.1 Å². The number of rotatable bonds is 1. The molecule has 8 heterocycles. The average molecular weight is 853 g/mol. The van der Waals surface area contributed by atoms with Crippen LogP contribution in [0.15, 0.2) is 107 Å². The summed E-state index contributed by atoms with van der Waals surface area (Å²) in [5.74, 6) is 7.21. The molecule has 0 saturated heterocycles. The number of nitrogens with zero attached hydrogens (tertiary/aromatic N) is 10. The zero-order valence-electron chi connectivity index (χ0n) is 37.3. The van der Waals surface area contributed by atoms with Crippen LogP contribution in [-0.4, -0.2) is 59.0 Å². The van der Waals surface area contributed by atoms with Gasteiger partial charge >= 0.3 is 0 Å². The third kappa shape index (κ3) is 21.5. The lowest BCUT2D eigenvalue weighted by atomic mass is 10.2. The fourth-order valence-electron chi connectivity index (χ4n) is 4.27.